The average molecular weight is 486 g/mol. The molecule has 0 bridgehead atoms. The summed E-state index contributed by atoms with van der Waals surface area (Å²) in [5.74, 6) is -0.819. The van der Waals surface area contributed by atoms with Crippen molar-refractivity contribution in [1.82, 2.24) is 14.7 Å². The maximum absolute atomic E-state index is 12.8. The van der Waals surface area contributed by atoms with Gasteiger partial charge in [-0.05, 0) is 37.3 Å². The van der Waals surface area contributed by atoms with E-state index >= 15 is 0 Å². The minimum atomic E-state index is -1.14. The van der Waals surface area contributed by atoms with Crippen LogP contribution in [0, 0.1) is 6.92 Å². The van der Waals surface area contributed by atoms with Crippen LogP contribution >= 0.6 is 35.6 Å². The van der Waals surface area contributed by atoms with Gasteiger partial charge in [-0.1, -0.05) is 65.9 Å². The number of halogens is 1. The summed E-state index contributed by atoms with van der Waals surface area (Å²) in [6.07, 6.45) is 1.62. The van der Waals surface area contributed by atoms with E-state index in [1.54, 1.807) is 41.9 Å². The summed E-state index contributed by atoms with van der Waals surface area (Å²) in [5.41, 5.74) is 1.93. The smallest absolute Gasteiger partial charge is 0.323 e. The molecule has 1 aromatic heterocycles. The second kappa shape index (κ2) is 9.15. The molecular formula is C22H16ClN3O4S2. The third-order valence-corrected chi connectivity index (χ3v) is 6.24. The fourth-order valence-electron chi connectivity index (χ4n) is 3.06. The summed E-state index contributed by atoms with van der Waals surface area (Å²) in [6, 6.07) is 16.4. The lowest BCUT2D eigenvalue weighted by molar-refractivity contribution is -0.140. The van der Waals surface area contributed by atoms with Crippen LogP contribution in [0.15, 0.2) is 59.5 Å². The van der Waals surface area contributed by atoms with E-state index in [9.17, 15) is 9.59 Å². The van der Waals surface area contributed by atoms with E-state index in [2.05, 4.69) is 5.10 Å². The van der Waals surface area contributed by atoms with Crippen molar-refractivity contribution in [1.29, 1.82) is 0 Å². The Morgan fingerprint density at radius 1 is 1.22 bits per heavy atom. The molecule has 1 fully saturated rings. The number of carbonyl (C=O) groups excluding carboxylic acids is 1. The maximum atomic E-state index is 12.8. The zero-order chi connectivity index (χ0) is 22.8. The summed E-state index contributed by atoms with van der Waals surface area (Å²) in [6.45, 7) is 1.30. The number of thioether (sulfide) groups is 1. The highest BCUT2D eigenvalue weighted by Gasteiger charge is 2.34. The number of aryl methyl sites for hydroxylation is 1. The molecule has 1 amide bonds. The maximum Gasteiger partial charge on any atom is 0.323 e. The lowest BCUT2D eigenvalue weighted by Gasteiger charge is -2.11. The third kappa shape index (κ3) is 4.40. The largest absolute Gasteiger partial charge is 0.480 e. The highest BCUT2D eigenvalue weighted by molar-refractivity contribution is 8.26. The van der Waals surface area contributed by atoms with E-state index in [0.29, 0.717) is 27.9 Å². The molecule has 1 aliphatic heterocycles. The fraction of sp³-hybridized carbons (Fsp3) is 0.0909. The topological polar surface area (TPSA) is 84.7 Å². The monoisotopic (exact) mass is 485 g/mol. The molecule has 0 spiro atoms. The fourth-order valence-corrected chi connectivity index (χ4v) is 4.47. The van der Waals surface area contributed by atoms with Gasteiger partial charge in [0.25, 0.3) is 5.91 Å². The quantitative estimate of drug-likeness (QED) is 0.392. The number of aliphatic carboxylic acids is 1. The number of para-hydroxylation sites is 2. The Balaban J connectivity index is 1.82. The Hall–Kier alpha value is -3.14. The van der Waals surface area contributed by atoms with Gasteiger partial charge in [0.2, 0.25) is 5.88 Å². The van der Waals surface area contributed by atoms with Crippen LogP contribution in [0.25, 0.3) is 11.8 Å². The van der Waals surface area contributed by atoms with Crippen LogP contribution < -0.4 is 4.74 Å². The molecule has 0 atom stereocenters. The number of hydrogen-bond acceptors (Lipinski definition) is 6. The Morgan fingerprint density at radius 2 is 1.91 bits per heavy atom. The Bertz CT molecular complexity index is 1260. The Labute approximate surface area is 198 Å². The molecule has 1 saturated heterocycles. The van der Waals surface area contributed by atoms with Gasteiger partial charge in [-0.2, -0.15) is 9.78 Å². The first-order valence-electron chi connectivity index (χ1n) is 9.39. The molecule has 2 heterocycles. The van der Waals surface area contributed by atoms with Crippen LogP contribution in [-0.2, 0) is 9.59 Å². The zero-order valence-corrected chi connectivity index (χ0v) is 19.1. The molecule has 1 aliphatic rings. The molecule has 0 radical (unpaired) electrons. The van der Waals surface area contributed by atoms with E-state index in [1.165, 1.54) is 0 Å². The molecule has 4 rings (SSSR count). The number of carboxylic acid groups (broad SMARTS) is 1. The third-order valence-electron chi connectivity index (χ3n) is 4.55. The van der Waals surface area contributed by atoms with Gasteiger partial charge in [-0.15, -0.1) is 0 Å². The van der Waals surface area contributed by atoms with E-state index in [4.69, 9.17) is 33.7 Å². The summed E-state index contributed by atoms with van der Waals surface area (Å²) < 4.78 is 7.99. The number of benzene rings is 2. The molecule has 162 valence electrons. The average Bonchev–Trinajstić information content (AvgIpc) is 3.21. The molecular weight excluding hydrogens is 470 g/mol. The molecule has 0 unspecified atom stereocenters. The highest BCUT2D eigenvalue weighted by Crippen LogP contribution is 2.38. The van der Waals surface area contributed by atoms with E-state index < -0.39 is 18.4 Å². The van der Waals surface area contributed by atoms with Gasteiger partial charge < -0.3 is 9.84 Å². The van der Waals surface area contributed by atoms with Crippen LogP contribution in [0.2, 0.25) is 5.02 Å². The van der Waals surface area contributed by atoms with Gasteiger partial charge in [0.15, 0.2) is 0 Å². The standard InChI is InChI=1S/C22H16ClN3O4S2/c1-13-15(11-18-20(29)25(12-19(27)28)22(31)32-18)21(30-17-10-6-5-9-16(17)23)26(24-13)14-7-3-2-4-8-14/h2-11H,12H2,1H3,(H,27,28)/b18-11-. The lowest BCUT2D eigenvalue weighted by Crippen LogP contribution is -2.33. The van der Waals surface area contributed by atoms with Gasteiger partial charge in [0, 0.05) is 0 Å². The van der Waals surface area contributed by atoms with Crippen molar-refractivity contribution in [2.24, 2.45) is 0 Å². The Kier molecular flexibility index (Phi) is 6.31. The van der Waals surface area contributed by atoms with E-state index in [0.717, 1.165) is 22.3 Å². The second-order valence-electron chi connectivity index (χ2n) is 6.75. The van der Waals surface area contributed by atoms with Crippen molar-refractivity contribution < 1.29 is 19.4 Å². The molecule has 2 aromatic carbocycles. The first-order chi connectivity index (χ1) is 15.3. The zero-order valence-electron chi connectivity index (χ0n) is 16.7. The highest BCUT2D eigenvalue weighted by atomic mass is 35.5. The van der Waals surface area contributed by atoms with Gasteiger partial charge in [-0.25, -0.2) is 0 Å². The van der Waals surface area contributed by atoms with Crippen molar-refractivity contribution in [2.75, 3.05) is 6.54 Å². The van der Waals surface area contributed by atoms with Crippen molar-refractivity contribution in [3.8, 4) is 17.3 Å². The summed E-state index contributed by atoms with van der Waals surface area (Å²) in [5, 5.41) is 14.1. The van der Waals surface area contributed by atoms with Crippen molar-refractivity contribution in [3.05, 3.63) is 75.8 Å². The van der Waals surface area contributed by atoms with Crippen LogP contribution in [0.1, 0.15) is 11.3 Å². The van der Waals surface area contributed by atoms with Crippen molar-refractivity contribution in [2.45, 2.75) is 6.92 Å². The van der Waals surface area contributed by atoms with Crippen LogP contribution in [0.4, 0.5) is 0 Å². The van der Waals surface area contributed by atoms with Gasteiger partial charge >= 0.3 is 5.97 Å². The number of rotatable bonds is 6. The van der Waals surface area contributed by atoms with Gasteiger partial charge in [-0.3, -0.25) is 14.5 Å². The number of amides is 1. The lowest BCUT2D eigenvalue weighted by atomic mass is 10.2. The number of hydrogen-bond donors (Lipinski definition) is 1. The molecule has 3 aromatic rings. The van der Waals surface area contributed by atoms with Crippen LogP contribution in [-0.4, -0.2) is 42.5 Å². The molecule has 7 nitrogen and oxygen atoms in total. The van der Waals surface area contributed by atoms with Crippen molar-refractivity contribution in [3.63, 3.8) is 0 Å². The first-order valence-corrected chi connectivity index (χ1v) is 11.0. The second-order valence-corrected chi connectivity index (χ2v) is 8.83. The summed E-state index contributed by atoms with van der Waals surface area (Å²) >= 11 is 12.5. The normalized spacial score (nSPS) is 14.9. The number of nitrogens with zero attached hydrogens (tertiary/aromatic N) is 3. The number of aromatic nitrogens is 2. The predicted octanol–water partition coefficient (Wildman–Crippen LogP) is 4.91. The number of carbonyl (C=O) groups is 2. The first kappa shape index (κ1) is 22.1. The molecule has 32 heavy (non-hydrogen) atoms. The SMILES string of the molecule is Cc1nn(-c2ccccc2)c(Oc2ccccc2Cl)c1/C=C1\SC(=S)N(CC(=O)O)C1=O. The number of ether oxygens (including phenoxy) is 1. The summed E-state index contributed by atoms with van der Waals surface area (Å²) in [4.78, 5) is 25.2. The van der Waals surface area contributed by atoms with Gasteiger partial charge in [0.1, 0.15) is 16.6 Å². The van der Waals surface area contributed by atoms with Crippen LogP contribution in [0.5, 0.6) is 11.6 Å². The molecule has 10 heteroatoms. The predicted molar refractivity (Wildman–Crippen MR) is 127 cm³/mol. The van der Waals surface area contributed by atoms with Crippen LogP contribution in [0.3, 0.4) is 0 Å². The van der Waals surface area contributed by atoms with Crippen molar-refractivity contribution >= 4 is 57.9 Å². The van der Waals surface area contributed by atoms with Gasteiger partial charge in [0.05, 0.1) is 26.9 Å². The molecule has 1 N–H and O–H groups in total. The van der Waals surface area contributed by atoms with E-state index in [1.807, 2.05) is 30.3 Å². The van der Waals surface area contributed by atoms with E-state index in [-0.39, 0.29) is 9.23 Å². The molecule has 0 saturated carbocycles. The Morgan fingerprint density at radius 3 is 2.59 bits per heavy atom. The number of carboxylic acids is 1. The minimum absolute atomic E-state index is 0.185. The summed E-state index contributed by atoms with van der Waals surface area (Å²) in [7, 11) is 0. The molecule has 0 aliphatic carbocycles. The minimum Gasteiger partial charge on any atom is -0.480 e. The number of thiocarbonyl (C=S) groups is 1.